The van der Waals surface area contributed by atoms with Gasteiger partial charge >= 0.3 is 0 Å². The second-order valence-electron chi connectivity index (χ2n) is 7.28. The zero-order valence-corrected chi connectivity index (χ0v) is 18.5. The molecule has 33 heavy (non-hydrogen) atoms. The fraction of sp³-hybridized carbons (Fsp3) is 0.120. The van der Waals surface area contributed by atoms with E-state index in [9.17, 15) is 19.8 Å². The normalized spacial score (nSPS) is 17.3. The third-order valence-electron chi connectivity index (χ3n) is 5.43. The zero-order valence-electron chi connectivity index (χ0n) is 17.8. The average molecular weight is 466 g/mol. The first kappa shape index (κ1) is 22.2. The van der Waals surface area contributed by atoms with Crippen molar-refractivity contribution >= 4 is 34.7 Å². The molecule has 0 aliphatic carbocycles. The van der Waals surface area contributed by atoms with Crippen LogP contribution < -0.4 is 14.4 Å². The van der Waals surface area contributed by atoms with E-state index in [-0.39, 0.29) is 21.9 Å². The number of ketones is 1. The predicted octanol–water partition coefficient (Wildman–Crippen LogP) is 4.69. The van der Waals surface area contributed by atoms with E-state index >= 15 is 0 Å². The number of ether oxygens (including phenoxy) is 2. The Morgan fingerprint density at radius 3 is 2.33 bits per heavy atom. The monoisotopic (exact) mass is 465 g/mol. The number of anilines is 1. The van der Waals surface area contributed by atoms with Gasteiger partial charge in [0.05, 0.1) is 36.5 Å². The first-order chi connectivity index (χ1) is 15.9. The van der Waals surface area contributed by atoms with Crippen LogP contribution in [-0.4, -0.2) is 36.1 Å². The van der Waals surface area contributed by atoms with Crippen molar-refractivity contribution in [2.75, 3.05) is 19.1 Å². The van der Waals surface area contributed by atoms with Gasteiger partial charge in [-0.2, -0.15) is 0 Å². The molecule has 0 radical (unpaired) electrons. The molecular weight excluding hydrogens is 446 g/mol. The lowest BCUT2D eigenvalue weighted by Crippen LogP contribution is -2.29. The summed E-state index contributed by atoms with van der Waals surface area (Å²) in [5, 5.41) is 21.2. The summed E-state index contributed by atoms with van der Waals surface area (Å²) in [7, 11) is 2.92. The quantitative estimate of drug-likeness (QED) is 0.322. The summed E-state index contributed by atoms with van der Waals surface area (Å²) in [5.74, 6) is -1.34. The number of amides is 1. The number of methoxy groups -OCH3 is 2. The number of carbonyl (C=O) groups excluding carboxylic acids is 2. The second kappa shape index (κ2) is 8.88. The van der Waals surface area contributed by atoms with E-state index in [1.807, 2.05) is 0 Å². The summed E-state index contributed by atoms with van der Waals surface area (Å²) in [6, 6.07) is 16.4. The number of benzene rings is 3. The van der Waals surface area contributed by atoms with Crippen molar-refractivity contribution in [1.82, 2.24) is 0 Å². The van der Waals surface area contributed by atoms with Gasteiger partial charge in [0.25, 0.3) is 11.7 Å². The molecule has 1 saturated heterocycles. The number of nitrogens with zero attached hydrogens (tertiary/aromatic N) is 1. The molecule has 0 aromatic heterocycles. The van der Waals surface area contributed by atoms with Crippen LogP contribution in [0.25, 0.3) is 5.76 Å². The van der Waals surface area contributed by atoms with Gasteiger partial charge in [0.15, 0.2) is 0 Å². The van der Waals surface area contributed by atoms with Crippen LogP contribution in [0.2, 0.25) is 5.02 Å². The van der Waals surface area contributed by atoms with Gasteiger partial charge in [-0.05, 0) is 48.0 Å². The smallest absolute Gasteiger partial charge is 0.300 e. The van der Waals surface area contributed by atoms with Gasteiger partial charge in [-0.15, -0.1) is 0 Å². The number of Topliss-reactive ketones (excluding diaryl/α,β-unsaturated/α-hetero) is 1. The van der Waals surface area contributed by atoms with Crippen molar-refractivity contribution in [3.63, 3.8) is 0 Å². The van der Waals surface area contributed by atoms with Gasteiger partial charge in [0.2, 0.25) is 0 Å². The Bertz CT molecular complexity index is 1270. The molecule has 168 valence electrons. The SMILES string of the molecule is COc1ccc(Cl)c(/C(O)=C2\C(=O)C(=O)N(c3ccccc3OC)C2c2ccc(O)cc2)c1. The van der Waals surface area contributed by atoms with E-state index in [1.165, 1.54) is 43.4 Å². The van der Waals surface area contributed by atoms with Crippen LogP contribution in [-0.2, 0) is 9.59 Å². The van der Waals surface area contributed by atoms with E-state index in [0.717, 1.165) is 0 Å². The topological polar surface area (TPSA) is 96.3 Å². The molecule has 1 atom stereocenters. The lowest BCUT2D eigenvalue weighted by atomic mass is 9.95. The van der Waals surface area contributed by atoms with Crippen LogP contribution >= 0.6 is 11.6 Å². The molecule has 1 fully saturated rings. The number of phenols is 1. The van der Waals surface area contributed by atoms with Crippen molar-refractivity contribution in [3.8, 4) is 17.2 Å². The lowest BCUT2D eigenvalue weighted by Gasteiger charge is -2.26. The maximum Gasteiger partial charge on any atom is 0.300 e. The minimum absolute atomic E-state index is 0.0174. The number of para-hydroxylation sites is 2. The molecule has 0 spiro atoms. The number of aliphatic hydroxyl groups is 1. The number of rotatable bonds is 5. The highest BCUT2D eigenvalue weighted by atomic mass is 35.5. The fourth-order valence-corrected chi connectivity index (χ4v) is 4.05. The van der Waals surface area contributed by atoms with Crippen molar-refractivity contribution < 1.29 is 29.3 Å². The Morgan fingerprint density at radius 1 is 0.970 bits per heavy atom. The highest BCUT2D eigenvalue weighted by Gasteiger charge is 2.48. The van der Waals surface area contributed by atoms with Crippen molar-refractivity contribution in [2.24, 2.45) is 0 Å². The lowest BCUT2D eigenvalue weighted by molar-refractivity contribution is -0.132. The largest absolute Gasteiger partial charge is 0.508 e. The van der Waals surface area contributed by atoms with Gasteiger partial charge in [-0.3, -0.25) is 14.5 Å². The van der Waals surface area contributed by atoms with E-state index in [2.05, 4.69) is 0 Å². The van der Waals surface area contributed by atoms with Crippen LogP contribution in [0.15, 0.2) is 72.3 Å². The van der Waals surface area contributed by atoms with Crippen LogP contribution in [0, 0.1) is 0 Å². The molecule has 0 saturated carbocycles. The molecule has 2 N–H and O–H groups in total. The third-order valence-corrected chi connectivity index (χ3v) is 5.76. The highest BCUT2D eigenvalue weighted by Crippen LogP contribution is 2.45. The fourth-order valence-electron chi connectivity index (χ4n) is 3.84. The van der Waals surface area contributed by atoms with Crippen LogP contribution in [0.1, 0.15) is 17.2 Å². The molecule has 1 aliphatic rings. The Labute approximate surface area is 195 Å². The summed E-state index contributed by atoms with van der Waals surface area (Å²) in [4.78, 5) is 27.8. The average Bonchev–Trinajstić information content (AvgIpc) is 3.09. The van der Waals surface area contributed by atoms with E-state index in [4.69, 9.17) is 21.1 Å². The van der Waals surface area contributed by atoms with Crippen molar-refractivity contribution in [3.05, 3.63) is 88.5 Å². The van der Waals surface area contributed by atoms with Gasteiger partial charge in [-0.25, -0.2) is 0 Å². The number of hydrogen-bond donors (Lipinski definition) is 2. The summed E-state index contributed by atoms with van der Waals surface area (Å²) < 4.78 is 10.6. The van der Waals surface area contributed by atoms with E-state index in [0.29, 0.717) is 22.7 Å². The van der Waals surface area contributed by atoms with E-state index < -0.39 is 23.5 Å². The Hall–Kier alpha value is -3.97. The molecule has 8 heteroatoms. The summed E-state index contributed by atoms with van der Waals surface area (Å²) in [6.45, 7) is 0. The number of aromatic hydroxyl groups is 1. The zero-order chi connectivity index (χ0) is 23.7. The Kier molecular flexibility index (Phi) is 5.98. The minimum Gasteiger partial charge on any atom is -0.508 e. The second-order valence-corrected chi connectivity index (χ2v) is 7.69. The number of carbonyl (C=O) groups is 2. The molecule has 1 heterocycles. The Morgan fingerprint density at radius 2 is 1.67 bits per heavy atom. The maximum atomic E-state index is 13.2. The molecule has 1 unspecified atom stereocenters. The summed E-state index contributed by atoms with van der Waals surface area (Å²) in [6.07, 6.45) is 0. The predicted molar refractivity (Wildman–Crippen MR) is 124 cm³/mol. The van der Waals surface area contributed by atoms with E-state index in [1.54, 1.807) is 42.5 Å². The number of aliphatic hydroxyl groups excluding tert-OH is 1. The third kappa shape index (κ3) is 3.87. The molecule has 0 bridgehead atoms. The van der Waals surface area contributed by atoms with Gasteiger partial charge < -0.3 is 19.7 Å². The molecule has 1 amide bonds. The van der Waals surface area contributed by atoms with Crippen LogP contribution in [0.4, 0.5) is 5.69 Å². The Balaban J connectivity index is 2.00. The number of phenolic OH excluding ortho intramolecular Hbond substituents is 1. The van der Waals surface area contributed by atoms with Gasteiger partial charge in [0.1, 0.15) is 23.0 Å². The van der Waals surface area contributed by atoms with Crippen molar-refractivity contribution in [2.45, 2.75) is 6.04 Å². The van der Waals surface area contributed by atoms with Crippen LogP contribution in [0.3, 0.4) is 0 Å². The molecule has 4 rings (SSSR count). The summed E-state index contributed by atoms with van der Waals surface area (Å²) >= 11 is 6.31. The maximum absolute atomic E-state index is 13.2. The van der Waals surface area contributed by atoms with Crippen molar-refractivity contribution in [1.29, 1.82) is 0 Å². The molecule has 3 aromatic rings. The molecular formula is C25H20ClNO6. The molecule has 1 aliphatic heterocycles. The first-order valence-corrected chi connectivity index (χ1v) is 10.3. The molecule has 3 aromatic carbocycles. The summed E-state index contributed by atoms with van der Waals surface area (Å²) in [5.41, 5.74) is 0.860. The number of hydrogen-bond acceptors (Lipinski definition) is 6. The number of halogens is 1. The van der Waals surface area contributed by atoms with Gasteiger partial charge in [-0.1, -0.05) is 35.9 Å². The standard InChI is InChI=1S/C25H20ClNO6/c1-32-16-11-12-18(26)17(13-16)23(29)21-22(14-7-9-15(28)10-8-14)27(25(31)24(21)30)19-5-3-4-6-20(19)33-2/h3-13,22,28-29H,1-2H3/b23-21+. The van der Waals surface area contributed by atoms with Gasteiger partial charge in [0, 0.05) is 5.56 Å². The van der Waals surface area contributed by atoms with Crippen LogP contribution in [0.5, 0.6) is 17.2 Å². The highest BCUT2D eigenvalue weighted by molar-refractivity contribution is 6.52. The minimum atomic E-state index is -0.996. The first-order valence-electron chi connectivity index (χ1n) is 9.94. The molecule has 7 nitrogen and oxygen atoms in total.